The number of hydrogen-bond acceptors (Lipinski definition) is 3. The van der Waals surface area contributed by atoms with Gasteiger partial charge in [0, 0.05) is 12.8 Å². The summed E-state index contributed by atoms with van der Waals surface area (Å²) in [6.45, 7) is 1.49. The fourth-order valence-electron chi connectivity index (χ4n) is 3.62. The molecule has 4 nitrogen and oxygen atoms in total. The number of halogens is 6. The standard InChI is InChI=1S/C18H18ClF5N2O2/c1-9-11(16(27)28-2)8-13-25-14(18(22,23)24)12(26(13)15(9)19)7-10-3-5-17(20,21)6-4-10/h8,10H,3-7H2,1-2H3. The average Bonchev–Trinajstić information content (AvgIpc) is 2.98. The van der Waals surface area contributed by atoms with E-state index in [0.717, 1.165) is 11.5 Å². The molecule has 0 aliphatic heterocycles. The first-order chi connectivity index (χ1) is 12.9. The van der Waals surface area contributed by atoms with Crippen LogP contribution in [0.25, 0.3) is 5.65 Å². The van der Waals surface area contributed by atoms with Gasteiger partial charge >= 0.3 is 12.1 Å². The van der Waals surface area contributed by atoms with Crippen LogP contribution in [0.5, 0.6) is 0 Å². The highest BCUT2D eigenvalue weighted by Crippen LogP contribution is 2.40. The van der Waals surface area contributed by atoms with Gasteiger partial charge in [-0.2, -0.15) is 13.2 Å². The number of hydrogen-bond donors (Lipinski definition) is 0. The molecule has 1 aliphatic carbocycles. The number of carbonyl (C=O) groups is 1. The van der Waals surface area contributed by atoms with E-state index < -0.39 is 23.8 Å². The minimum Gasteiger partial charge on any atom is -0.465 e. The second-order valence-electron chi connectivity index (χ2n) is 7.07. The summed E-state index contributed by atoms with van der Waals surface area (Å²) in [5.74, 6) is -3.85. The number of alkyl halides is 5. The number of methoxy groups -OCH3 is 1. The minimum absolute atomic E-state index is 0.0163. The van der Waals surface area contributed by atoms with Crippen molar-refractivity contribution in [3.8, 4) is 0 Å². The molecule has 0 amide bonds. The molecule has 1 aliphatic rings. The monoisotopic (exact) mass is 424 g/mol. The highest BCUT2D eigenvalue weighted by molar-refractivity contribution is 6.31. The topological polar surface area (TPSA) is 43.6 Å². The van der Waals surface area contributed by atoms with Gasteiger partial charge in [-0.1, -0.05) is 11.6 Å². The highest BCUT2D eigenvalue weighted by Gasteiger charge is 2.41. The van der Waals surface area contributed by atoms with Crippen molar-refractivity contribution < 1.29 is 31.5 Å². The zero-order chi connectivity index (χ0) is 20.9. The lowest BCUT2D eigenvalue weighted by Crippen LogP contribution is -2.26. The van der Waals surface area contributed by atoms with Gasteiger partial charge < -0.3 is 4.74 Å². The molecule has 0 atom stereocenters. The van der Waals surface area contributed by atoms with Crippen LogP contribution in [0.2, 0.25) is 5.15 Å². The second-order valence-corrected chi connectivity index (χ2v) is 7.43. The van der Waals surface area contributed by atoms with Crippen LogP contribution in [0.15, 0.2) is 6.07 Å². The van der Waals surface area contributed by atoms with Gasteiger partial charge in [0.2, 0.25) is 5.92 Å². The number of fused-ring (bicyclic) bond motifs is 1. The first kappa shape index (κ1) is 20.8. The zero-order valence-electron chi connectivity index (χ0n) is 15.2. The van der Waals surface area contributed by atoms with Gasteiger partial charge in [-0.25, -0.2) is 18.6 Å². The van der Waals surface area contributed by atoms with E-state index >= 15 is 0 Å². The Balaban J connectivity index is 2.12. The normalized spacial score (nSPS) is 17.9. The molecule has 154 valence electrons. The summed E-state index contributed by atoms with van der Waals surface area (Å²) in [6, 6.07) is 1.20. The Morgan fingerprint density at radius 1 is 1.36 bits per heavy atom. The fourth-order valence-corrected chi connectivity index (χ4v) is 3.91. The lowest BCUT2D eigenvalue weighted by molar-refractivity contribution is -0.141. The molecule has 3 rings (SSSR count). The van der Waals surface area contributed by atoms with Crippen molar-refractivity contribution in [1.29, 1.82) is 0 Å². The SMILES string of the molecule is COC(=O)c1cc2nc(C(F)(F)F)c(CC3CCC(F)(F)CC3)n2c(Cl)c1C. The molecule has 10 heteroatoms. The molecular formula is C18H18ClF5N2O2. The summed E-state index contributed by atoms with van der Waals surface area (Å²) < 4.78 is 73.3. The van der Waals surface area contributed by atoms with Crippen molar-refractivity contribution in [2.45, 2.75) is 51.1 Å². The molecule has 0 bridgehead atoms. The molecule has 0 saturated heterocycles. The first-order valence-corrected chi connectivity index (χ1v) is 9.06. The Morgan fingerprint density at radius 2 is 1.96 bits per heavy atom. The molecule has 0 spiro atoms. The van der Waals surface area contributed by atoms with Crippen molar-refractivity contribution in [2.75, 3.05) is 7.11 Å². The maximum atomic E-state index is 13.6. The third-order valence-electron chi connectivity index (χ3n) is 5.17. The molecule has 0 unspecified atom stereocenters. The Bertz CT molecular complexity index is 913. The van der Waals surface area contributed by atoms with E-state index in [1.54, 1.807) is 0 Å². The van der Waals surface area contributed by atoms with Crippen LogP contribution in [-0.4, -0.2) is 28.4 Å². The lowest BCUT2D eigenvalue weighted by Gasteiger charge is -2.28. The maximum Gasteiger partial charge on any atom is 0.435 e. The average molecular weight is 425 g/mol. The van der Waals surface area contributed by atoms with Gasteiger partial charge in [0.05, 0.1) is 18.4 Å². The van der Waals surface area contributed by atoms with E-state index in [2.05, 4.69) is 9.72 Å². The molecular weight excluding hydrogens is 407 g/mol. The number of esters is 1. The third kappa shape index (κ3) is 3.81. The van der Waals surface area contributed by atoms with Crippen LogP contribution in [0.1, 0.15) is 53.0 Å². The Labute approximate surface area is 162 Å². The molecule has 2 heterocycles. The van der Waals surface area contributed by atoms with E-state index in [0.29, 0.717) is 0 Å². The van der Waals surface area contributed by atoms with Crippen LogP contribution in [-0.2, 0) is 17.3 Å². The quantitative estimate of drug-likeness (QED) is 0.373. The van der Waals surface area contributed by atoms with Gasteiger partial charge in [0.25, 0.3) is 0 Å². The van der Waals surface area contributed by atoms with E-state index in [1.807, 2.05) is 0 Å². The van der Waals surface area contributed by atoms with Crippen LogP contribution in [0.4, 0.5) is 22.0 Å². The number of pyridine rings is 1. The number of carbonyl (C=O) groups excluding carboxylic acids is 1. The Hall–Kier alpha value is -1.90. The summed E-state index contributed by atoms with van der Waals surface area (Å²) in [5, 5.41) is -0.0861. The van der Waals surface area contributed by atoms with Gasteiger partial charge in [0.1, 0.15) is 10.8 Å². The molecule has 28 heavy (non-hydrogen) atoms. The van der Waals surface area contributed by atoms with Gasteiger partial charge in [0.15, 0.2) is 5.69 Å². The van der Waals surface area contributed by atoms with E-state index in [9.17, 15) is 26.7 Å². The van der Waals surface area contributed by atoms with Crippen LogP contribution in [0.3, 0.4) is 0 Å². The van der Waals surface area contributed by atoms with Crippen molar-refractivity contribution >= 4 is 23.2 Å². The molecule has 0 radical (unpaired) electrons. The van der Waals surface area contributed by atoms with Gasteiger partial charge in [-0.3, -0.25) is 4.40 Å². The second kappa shape index (κ2) is 7.17. The lowest BCUT2D eigenvalue weighted by atomic mass is 9.83. The molecule has 0 N–H and O–H groups in total. The first-order valence-electron chi connectivity index (χ1n) is 8.68. The smallest absolute Gasteiger partial charge is 0.435 e. The number of nitrogens with zero attached hydrogens (tertiary/aromatic N) is 2. The van der Waals surface area contributed by atoms with E-state index in [4.69, 9.17) is 11.6 Å². The summed E-state index contributed by atoms with van der Waals surface area (Å²) >= 11 is 6.29. The Morgan fingerprint density at radius 3 is 2.50 bits per heavy atom. The largest absolute Gasteiger partial charge is 0.465 e. The predicted molar refractivity (Wildman–Crippen MR) is 91.9 cm³/mol. The predicted octanol–water partition coefficient (Wildman–Crippen LogP) is 5.47. The number of rotatable bonds is 3. The summed E-state index contributed by atoms with van der Waals surface area (Å²) in [4.78, 5) is 15.5. The number of ether oxygens (including phenoxy) is 1. The molecule has 1 saturated carbocycles. The third-order valence-corrected chi connectivity index (χ3v) is 5.63. The van der Waals surface area contributed by atoms with Crippen LogP contribution >= 0.6 is 11.6 Å². The maximum absolute atomic E-state index is 13.6. The number of imidazole rings is 1. The molecule has 2 aromatic rings. The van der Waals surface area contributed by atoms with Crippen LogP contribution < -0.4 is 0 Å². The zero-order valence-corrected chi connectivity index (χ0v) is 15.9. The molecule has 1 fully saturated rings. The van der Waals surface area contributed by atoms with Gasteiger partial charge in [-0.05, 0) is 43.7 Å². The van der Waals surface area contributed by atoms with Crippen molar-refractivity contribution in [3.63, 3.8) is 0 Å². The van der Waals surface area contributed by atoms with Gasteiger partial charge in [-0.15, -0.1) is 0 Å². The molecule has 2 aromatic heterocycles. The number of aromatic nitrogens is 2. The highest BCUT2D eigenvalue weighted by atomic mass is 35.5. The molecule has 0 aromatic carbocycles. The minimum atomic E-state index is -4.75. The van der Waals surface area contributed by atoms with Crippen molar-refractivity contribution in [3.05, 3.63) is 33.7 Å². The van der Waals surface area contributed by atoms with E-state index in [1.165, 1.54) is 13.0 Å². The summed E-state index contributed by atoms with van der Waals surface area (Å²) in [5.41, 5.74) is -1.17. The fraction of sp³-hybridized carbons (Fsp3) is 0.556. The summed E-state index contributed by atoms with van der Waals surface area (Å²) in [7, 11) is 1.15. The van der Waals surface area contributed by atoms with Crippen molar-refractivity contribution in [2.24, 2.45) is 5.92 Å². The van der Waals surface area contributed by atoms with E-state index in [-0.39, 0.29) is 65.6 Å². The Kier molecular flexibility index (Phi) is 5.33. The van der Waals surface area contributed by atoms with Crippen LogP contribution in [0, 0.1) is 12.8 Å². The summed E-state index contributed by atoms with van der Waals surface area (Å²) in [6.07, 6.45) is -5.29. The van der Waals surface area contributed by atoms with Crippen molar-refractivity contribution in [1.82, 2.24) is 9.38 Å².